The van der Waals surface area contributed by atoms with Crippen LogP contribution >= 0.6 is 0 Å². The highest BCUT2D eigenvalue weighted by atomic mass is 16.5. The zero-order valence-electron chi connectivity index (χ0n) is 12.2. The van der Waals surface area contributed by atoms with Gasteiger partial charge in [-0.05, 0) is 12.5 Å². The number of amides is 1. The van der Waals surface area contributed by atoms with Crippen LogP contribution in [-0.4, -0.2) is 40.1 Å². The Balaban J connectivity index is 1.70. The Morgan fingerprint density at radius 1 is 1.41 bits per heavy atom. The SMILES string of the molecule is C[C@]12C(=O)N(Cc3ccccc3)C[C@]13C=C[C@@H](O3)[C@H]2C(=O)O. The maximum atomic E-state index is 13.0. The molecule has 114 valence electrons. The quantitative estimate of drug-likeness (QED) is 0.858. The highest BCUT2D eigenvalue weighted by Crippen LogP contribution is 2.60. The summed E-state index contributed by atoms with van der Waals surface area (Å²) in [6, 6.07) is 9.71. The van der Waals surface area contributed by atoms with E-state index in [1.165, 1.54) is 0 Å². The Bertz CT molecular complexity index is 685. The molecule has 0 unspecified atom stereocenters. The number of carboxylic acid groups (broad SMARTS) is 1. The Kier molecular flexibility index (Phi) is 2.58. The molecule has 2 fully saturated rings. The summed E-state index contributed by atoms with van der Waals surface area (Å²) < 4.78 is 5.94. The first kappa shape index (κ1) is 13.5. The van der Waals surface area contributed by atoms with E-state index in [-0.39, 0.29) is 5.91 Å². The largest absolute Gasteiger partial charge is 0.481 e. The summed E-state index contributed by atoms with van der Waals surface area (Å²) in [6.45, 7) is 2.63. The summed E-state index contributed by atoms with van der Waals surface area (Å²) in [6.07, 6.45) is 3.19. The fourth-order valence-electron chi connectivity index (χ4n) is 4.21. The molecule has 3 aliphatic rings. The topological polar surface area (TPSA) is 66.8 Å². The van der Waals surface area contributed by atoms with Crippen molar-refractivity contribution >= 4 is 11.9 Å². The van der Waals surface area contributed by atoms with E-state index < -0.39 is 29.0 Å². The molecule has 22 heavy (non-hydrogen) atoms. The molecule has 5 heteroatoms. The number of carbonyl (C=O) groups is 2. The first-order valence-corrected chi connectivity index (χ1v) is 7.41. The lowest BCUT2D eigenvalue weighted by molar-refractivity contribution is -0.152. The second kappa shape index (κ2) is 4.20. The Morgan fingerprint density at radius 3 is 2.82 bits per heavy atom. The molecule has 0 aromatic heterocycles. The van der Waals surface area contributed by atoms with Crippen molar-refractivity contribution in [1.29, 1.82) is 0 Å². The molecule has 1 spiro atoms. The van der Waals surface area contributed by atoms with Gasteiger partial charge in [0.25, 0.3) is 0 Å². The van der Waals surface area contributed by atoms with Crippen molar-refractivity contribution in [2.75, 3.05) is 6.54 Å². The minimum atomic E-state index is -1.02. The molecule has 4 rings (SSSR count). The summed E-state index contributed by atoms with van der Waals surface area (Å²) in [5.74, 6) is -1.91. The van der Waals surface area contributed by atoms with Gasteiger partial charge in [0, 0.05) is 6.54 Å². The molecule has 5 nitrogen and oxygen atoms in total. The third-order valence-corrected chi connectivity index (χ3v) is 5.37. The number of carbonyl (C=O) groups excluding carboxylic acids is 1. The van der Waals surface area contributed by atoms with Gasteiger partial charge in [-0.25, -0.2) is 0 Å². The molecule has 3 heterocycles. The zero-order valence-corrected chi connectivity index (χ0v) is 12.2. The molecule has 4 atom stereocenters. The number of nitrogens with zero attached hydrogens (tertiary/aromatic N) is 1. The maximum absolute atomic E-state index is 13.0. The molecule has 1 aromatic rings. The lowest BCUT2D eigenvalue weighted by atomic mass is 9.65. The van der Waals surface area contributed by atoms with Crippen LogP contribution in [0.5, 0.6) is 0 Å². The van der Waals surface area contributed by atoms with Gasteiger partial charge in [0.2, 0.25) is 5.91 Å². The zero-order chi connectivity index (χ0) is 15.5. The van der Waals surface area contributed by atoms with E-state index >= 15 is 0 Å². The second-order valence-corrected chi connectivity index (χ2v) is 6.50. The lowest BCUT2D eigenvalue weighted by Crippen LogP contribution is -2.49. The van der Waals surface area contributed by atoms with Gasteiger partial charge < -0.3 is 14.7 Å². The third kappa shape index (κ3) is 1.47. The van der Waals surface area contributed by atoms with Crippen LogP contribution in [0.15, 0.2) is 42.5 Å². The van der Waals surface area contributed by atoms with Crippen molar-refractivity contribution in [2.24, 2.45) is 11.3 Å². The van der Waals surface area contributed by atoms with Crippen molar-refractivity contribution in [2.45, 2.75) is 25.2 Å². The van der Waals surface area contributed by atoms with Crippen LogP contribution < -0.4 is 0 Å². The van der Waals surface area contributed by atoms with Gasteiger partial charge in [0.1, 0.15) is 11.5 Å². The molecule has 0 saturated carbocycles. The van der Waals surface area contributed by atoms with Crippen molar-refractivity contribution in [1.82, 2.24) is 4.90 Å². The minimum absolute atomic E-state index is 0.129. The first-order chi connectivity index (χ1) is 10.5. The van der Waals surface area contributed by atoms with Crippen molar-refractivity contribution in [3.63, 3.8) is 0 Å². The fraction of sp³-hybridized carbons (Fsp3) is 0.412. The van der Waals surface area contributed by atoms with Gasteiger partial charge in [-0.3, -0.25) is 9.59 Å². The van der Waals surface area contributed by atoms with Gasteiger partial charge in [-0.1, -0.05) is 42.5 Å². The molecule has 1 aromatic carbocycles. The molecule has 2 bridgehead atoms. The molecule has 0 aliphatic carbocycles. The molecule has 2 saturated heterocycles. The number of fused-ring (bicyclic) bond motifs is 1. The number of carboxylic acids is 1. The minimum Gasteiger partial charge on any atom is -0.481 e. The summed E-state index contributed by atoms with van der Waals surface area (Å²) in [7, 11) is 0. The highest BCUT2D eigenvalue weighted by Gasteiger charge is 2.74. The van der Waals surface area contributed by atoms with Crippen LogP contribution in [-0.2, 0) is 20.9 Å². The van der Waals surface area contributed by atoms with Gasteiger partial charge in [-0.2, -0.15) is 0 Å². The van der Waals surface area contributed by atoms with Gasteiger partial charge in [0.05, 0.1) is 18.1 Å². The average molecular weight is 299 g/mol. The van der Waals surface area contributed by atoms with E-state index in [1.54, 1.807) is 17.9 Å². The fourth-order valence-corrected chi connectivity index (χ4v) is 4.21. The van der Waals surface area contributed by atoms with Crippen molar-refractivity contribution in [3.05, 3.63) is 48.0 Å². The number of hydrogen-bond donors (Lipinski definition) is 1. The van der Waals surface area contributed by atoms with Crippen LogP contribution in [0.4, 0.5) is 0 Å². The van der Waals surface area contributed by atoms with E-state index in [1.807, 2.05) is 36.4 Å². The predicted molar refractivity (Wildman–Crippen MR) is 77.8 cm³/mol. The predicted octanol–water partition coefficient (Wildman–Crippen LogP) is 1.44. The van der Waals surface area contributed by atoms with Crippen LogP contribution in [0.3, 0.4) is 0 Å². The molecule has 1 N–H and O–H groups in total. The van der Waals surface area contributed by atoms with E-state index in [2.05, 4.69) is 0 Å². The number of aliphatic carboxylic acids is 1. The van der Waals surface area contributed by atoms with Crippen LogP contribution in [0.2, 0.25) is 0 Å². The lowest BCUT2D eigenvalue weighted by Gasteiger charge is -2.32. The average Bonchev–Trinajstić information content (AvgIpc) is 3.07. The molecule has 0 radical (unpaired) electrons. The van der Waals surface area contributed by atoms with Gasteiger partial charge >= 0.3 is 5.97 Å². The van der Waals surface area contributed by atoms with Crippen LogP contribution in [0.25, 0.3) is 0 Å². The van der Waals surface area contributed by atoms with E-state index in [9.17, 15) is 14.7 Å². The summed E-state index contributed by atoms with van der Waals surface area (Å²) in [5, 5.41) is 9.55. The molecular formula is C17H17NO4. The first-order valence-electron chi connectivity index (χ1n) is 7.41. The summed E-state index contributed by atoms with van der Waals surface area (Å²) in [4.78, 5) is 26.3. The molecule has 3 aliphatic heterocycles. The van der Waals surface area contributed by atoms with Crippen molar-refractivity contribution < 1.29 is 19.4 Å². The normalized spacial score (nSPS) is 38.6. The third-order valence-electron chi connectivity index (χ3n) is 5.37. The van der Waals surface area contributed by atoms with Gasteiger partial charge in [-0.15, -0.1) is 0 Å². The van der Waals surface area contributed by atoms with Crippen molar-refractivity contribution in [3.8, 4) is 0 Å². The van der Waals surface area contributed by atoms with E-state index in [0.29, 0.717) is 13.1 Å². The number of benzene rings is 1. The number of rotatable bonds is 3. The Hall–Kier alpha value is -2.14. The standard InChI is InChI=1S/C17H17NO4/c1-16-13(14(19)20)12-7-8-17(16,22-12)10-18(15(16)21)9-11-5-3-2-4-6-11/h2-8,12-13H,9-10H2,1H3,(H,19,20)/t12-,13+,16+,17-/m1/s1. The highest BCUT2D eigenvalue weighted by molar-refractivity contribution is 5.94. The van der Waals surface area contributed by atoms with E-state index in [0.717, 1.165) is 5.56 Å². The Labute approximate surface area is 128 Å². The second-order valence-electron chi connectivity index (χ2n) is 6.50. The molecule has 1 amide bonds. The van der Waals surface area contributed by atoms with Crippen LogP contribution in [0.1, 0.15) is 12.5 Å². The maximum Gasteiger partial charge on any atom is 0.310 e. The molecular weight excluding hydrogens is 282 g/mol. The number of hydrogen-bond acceptors (Lipinski definition) is 3. The summed E-state index contributed by atoms with van der Waals surface area (Å²) >= 11 is 0. The Morgan fingerprint density at radius 2 is 2.14 bits per heavy atom. The van der Waals surface area contributed by atoms with Gasteiger partial charge in [0.15, 0.2) is 0 Å². The number of likely N-dealkylation sites (tertiary alicyclic amines) is 1. The van der Waals surface area contributed by atoms with Crippen LogP contribution in [0, 0.1) is 11.3 Å². The monoisotopic (exact) mass is 299 g/mol. The number of ether oxygens (including phenoxy) is 1. The smallest absolute Gasteiger partial charge is 0.310 e. The van der Waals surface area contributed by atoms with E-state index in [4.69, 9.17) is 4.74 Å². The summed E-state index contributed by atoms with van der Waals surface area (Å²) in [5.41, 5.74) is -0.791.